The molecule has 0 aliphatic heterocycles. The number of carbonyl (C=O) groups excluding carboxylic acids is 1. The van der Waals surface area contributed by atoms with E-state index in [0.29, 0.717) is 6.04 Å². The smallest absolute Gasteiger partial charge is 0.253 e. The molecule has 18 heavy (non-hydrogen) atoms. The Bertz CT molecular complexity index is 407. The molecule has 0 radical (unpaired) electrons. The Hall–Kier alpha value is -1.31. The molecule has 1 aromatic rings. The van der Waals surface area contributed by atoms with Gasteiger partial charge in [0.25, 0.3) is 5.91 Å². The second-order valence-electron chi connectivity index (χ2n) is 5.26. The van der Waals surface area contributed by atoms with E-state index in [2.05, 4.69) is 13.0 Å². The third kappa shape index (κ3) is 2.92. The number of carbonyl (C=O) groups is 1. The monoisotopic (exact) mass is 245 g/mol. The lowest BCUT2D eigenvalue weighted by Crippen LogP contribution is -2.38. The third-order valence-electron chi connectivity index (χ3n) is 4.02. The van der Waals surface area contributed by atoms with Crippen molar-refractivity contribution in [2.24, 2.45) is 0 Å². The molecule has 1 aliphatic carbocycles. The highest BCUT2D eigenvalue weighted by Crippen LogP contribution is 2.23. The van der Waals surface area contributed by atoms with E-state index in [4.69, 9.17) is 0 Å². The van der Waals surface area contributed by atoms with Gasteiger partial charge in [-0.25, -0.2) is 0 Å². The van der Waals surface area contributed by atoms with Crippen molar-refractivity contribution in [2.75, 3.05) is 7.05 Å². The zero-order chi connectivity index (χ0) is 13.0. The van der Waals surface area contributed by atoms with E-state index in [0.717, 1.165) is 24.8 Å². The van der Waals surface area contributed by atoms with Gasteiger partial charge in [-0.05, 0) is 37.0 Å². The number of amides is 1. The van der Waals surface area contributed by atoms with Crippen LogP contribution in [0.1, 0.15) is 54.9 Å². The van der Waals surface area contributed by atoms with E-state index in [9.17, 15) is 4.79 Å². The van der Waals surface area contributed by atoms with Crippen LogP contribution >= 0.6 is 0 Å². The zero-order valence-corrected chi connectivity index (χ0v) is 11.5. The molecule has 0 atom stereocenters. The molecule has 0 unspecified atom stereocenters. The maximum absolute atomic E-state index is 12.4. The van der Waals surface area contributed by atoms with Crippen LogP contribution in [0.5, 0.6) is 0 Å². The van der Waals surface area contributed by atoms with Crippen molar-refractivity contribution in [3.05, 3.63) is 35.4 Å². The second kappa shape index (κ2) is 6.03. The molecule has 0 spiro atoms. The first-order valence-electron chi connectivity index (χ1n) is 7.08. The van der Waals surface area contributed by atoms with E-state index < -0.39 is 0 Å². The van der Waals surface area contributed by atoms with Crippen molar-refractivity contribution in [1.29, 1.82) is 0 Å². The molecular weight excluding hydrogens is 222 g/mol. The van der Waals surface area contributed by atoms with Crippen LogP contribution in [0, 0.1) is 0 Å². The fourth-order valence-electron chi connectivity index (χ4n) is 2.76. The van der Waals surface area contributed by atoms with Gasteiger partial charge in [0.1, 0.15) is 0 Å². The van der Waals surface area contributed by atoms with Crippen LogP contribution in [-0.4, -0.2) is 23.9 Å². The van der Waals surface area contributed by atoms with E-state index in [1.54, 1.807) is 0 Å². The fraction of sp³-hybridized carbons (Fsp3) is 0.562. The summed E-state index contributed by atoms with van der Waals surface area (Å²) in [5, 5.41) is 0. The highest BCUT2D eigenvalue weighted by molar-refractivity contribution is 5.94. The molecule has 1 aromatic carbocycles. The van der Waals surface area contributed by atoms with E-state index in [1.807, 2.05) is 30.1 Å². The van der Waals surface area contributed by atoms with Crippen molar-refractivity contribution in [1.82, 2.24) is 4.90 Å². The molecule has 2 nitrogen and oxygen atoms in total. The van der Waals surface area contributed by atoms with Crippen LogP contribution in [0.3, 0.4) is 0 Å². The number of benzene rings is 1. The van der Waals surface area contributed by atoms with Crippen LogP contribution in [0.25, 0.3) is 0 Å². The third-order valence-corrected chi connectivity index (χ3v) is 4.02. The van der Waals surface area contributed by atoms with E-state index >= 15 is 0 Å². The van der Waals surface area contributed by atoms with Gasteiger partial charge in [0, 0.05) is 18.7 Å². The standard InChI is InChI=1S/C16H23NO/c1-3-13-8-7-9-14(12-13)16(18)17(2)15-10-5-4-6-11-15/h7-9,12,15H,3-6,10-11H2,1-2H3. The first-order valence-corrected chi connectivity index (χ1v) is 7.08. The lowest BCUT2D eigenvalue weighted by Gasteiger charge is -2.31. The van der Waals surface area contributed by atoms with Gasteiger partial charge >= 0.3 is 0 Å². The Morgan fingerprint density at radius 2 is 2.00 bits per heavy atom. The number of hydrogen-bond donors (Lipinski definition) is 0. The first kappa shape index (κ1) is 13.1. The quantitative estimate of drug-likeness (QED) is 0.796. The Kier molecular flexibility index (Phi) is 4.40. The molecule has 0 heterocycles. The SMILES string of the molecule is CCc1cccc(C(=O)N(C)C2CCCCC2)c1. The maximum atomic E-state index is 12.4. The highest BCUT2D eigenvalue weighted by atomic mass is 16.2. The van der Waals surface area contributed by atoms with Gasteiger partial charge in [-0.3, -0.25) is 4.79 Å². The van der Waals surface area contributed by atoms with Gasteiger partial charge in [0.15, 0.2) is 0 Å². The predicted octanol–water partition coefficient (Wildman–Crippen LogP) is 3.65. The molecule has 0 bridgehead atoms. The largest absolute Gasteiger partial charge is 0.339 e. The van der Waals surface area contributed by atoms with Gasteiger partial charge in [-0.2, -0.15) is 0 Å². The summed E-state index contributed by atoms with van der Waals surface area (Å²) >= 11 is 0. The molecule has 1 aliphatic rings. The maximum Gasteiger partial charge on any atom is 0.253 e. The number of rotatable bonds is 3. The summed E-state index contributed by atoms with van der Waals surface area (Å²) in [4.78, 5) is 14.4. The predicted molar refractivity (Wildman–Crippen MR) is 74.8 cm³/mol. The summed E-state index contributed by atoms with van der Waals surface area (Å²) in [6, 6.07) is 8.47. The van der Waals surface area contributed by atoms with Crippen LogP contribution < -0.4 is 0 Å². The summed E-state index contributed by atoms with van der Waals surface area (Å²) in [5.41, 5.74) is 2.07. The van der Waals surface area contributed by atoms with Crippen LogP contribution in [-0.2, 0) is 6.42 Å². The minimum Gasteiger partial charge on any atom is -0.339 e. The lowest BCUT2D eigenvalue weighted by atomic mass is 9.94. The van der Waals surface area contributed by atoms with Crippen molar-refractivity contribution in [3.8, 4) is 0 Å². The van der Waals surface area contributed by atoms with E-state index in [1.165, 1.54) is 24.8 Å². The van der Waals surface area contributed by atoms with Crippen LogP contribution in [0.2, 0.25) is 0 Å². The fourth-order valence-corrected chi connectivity index (χ4v) is 2.76. The topological polar surface area (TPSA) is 20.3 Å². The molecule has 0 saturated heterocycles. The summed E-state index contributed by atoms with van der Waals surface area (Å²) in [7, 11) is 1.96. The van der Waals surface area contributed by atoms with Crippen LogP contribution in [0.4, 0.5) is 0 Å². The van der Waals surface area contributed by atoms with Gasteiger partial charge in [0.2, 0.25) is 0 Å². The first-order chi connectivity index (χ1) is 8.72. The van der Waals surface area contributed by atoms with Crippen molar-refractivity contribution in [2.45, 2.75) is 51.5 Å². The van der Waals surface area contributed by atoms with Gasteiger partial charge in [0.05, 0.1) is 0 Å². The average Bonchev–Trinajstić information content (AvgIpc) is 2.46. The number of hydrogen-bond acceptors (Lipinski definition) is 1. The molecular formula is C16H23NO. The normalized spacial score (nSPS) is 16.6. The van der Waals surface area contributed by atoms with Gasteiger partial charge < -0.3 is 4.90 Å². The van der Waals surface area contributed by atoms with Crippen LogP contribution in [0.15, 0.2) is 24.3 Å². The van der Waals surface area contributed by atoms with Crippen molar-refractivity contribution >= 4 is 5.91 Å². The molecule has 1 fully saturated rings. The van der Waals surface area contributed by atoms with Crippen molar-refractivity contribution in [3.63, 3.8) is 0 Å². The molecule has 98 valence electrons. The summed E-state index contributed by atoms with van der Waals surface area (Å²) in [6.45, 7) is 2.12. The van der Waals surface area contributed by atoms with Gasteiger partial charge in [-0.1, -0.05) is 38.3 Å². The van der Waals surface area contributed by atoms with Gasteiger partial charge in [-0.15, -0.1) is 0 Å². The Balaban J connectivity index is 2.09. The highest BCUT2D eigenvalue weighted by Gasteiger charge is 2.22. The molecule has 1 saturated carbocycles. The average molecular weight is 245 g/mol. The second-order valence-corrected chi connectivity index (χ2v) is 5.26. The molecule has 0 N–H and O–H groups in total. The number of nitrogens with zero attached hydrogens (tertiary/aromatic N) is 1. The summed E-state index contributed by atoms with van der Waals surface area (Å²) in [5.74, 6) is 0.178. The Morgan fingerprint density at radius 3 is 2.67 bits per heavy atom. The van der Waals surface area contributed by atoms with E-state index in [-0.39, 0.29) is 5.91 Å². The molecule has 2 rings (SSSR count). The summed E-state index contributed by atoms with van der Waals surface area (Å²) in [6.07, 6.45) is 7.15. The lowest BCUT2D eigenvalue weighted by molar-refractivity contribution is 0.0696. The Labute approximate surface area is 110 Å². The van der Waals surface area contributed by atoms with Crippen molar-refractivity contribution < 1.29 is 4.79 Å². The zero-order valence-electron chi connectivity index (χ0n) is 11.5. The minimum atomic E-state index is 0.178. The number of aryl methyl sites for hydroxylation is 1. The molecule has 1 amide bonds. The Morgan fingerprint density at radius 1 is 1.28 bits per heavy atom. The summed E-state index contributed by atoms with van der Waals surface area (Å²) < 4.78 is 0. The minimum absolute atomic E-state index is 0.178. The molecule has 0 aromatic heterocycles. The molecule has 2 heteroatoms.